The lowest BCUT2D eigenvalue weighted by Gasteiger charge is -2.21. The summed E-state index contributed by atoms with van der Waals surface area (Å²) in [5.41, 5.74) is 1.98. The highest BCUT2D eigenvalue weighted by Gasteiger charge is 2.29. The van der Waals surface area contributed by atoms with Gasteiger partial charge in [-0.3, -0.25) is 4.90 Å². The molecule has 0 amide bonds. The van der Waals surface area contributed by atoms with Crippen LogP contribution in [0.4, 0.5) is 4.39 Å². The van der Waals surface area contributed by atoms with E-state index in [-0.39, 0.29) is 5.82 Å². The van der Waals surface area contributed by atoms with E-state index in [0.29, 0.717) is 17.5 Å². The Morgan fingerprint density at radius 3 is 2.44 bits per heavy atom. The summed E-state index contributed by atoms with van der Waals surface area (Å²) in [6.07, 6.45) is 2.34. The molecule has 25 heavy (non-hydrogen) atoms. The zero-order valence-corrected chi connectivity index (χ0v) is 14.4. The number of para-hydroxylation sites is 1. The average molecular weight is 355 g/mol. The molecular weight excluding hydrogens is 337 g/mol. The van der Waals surface area contributed by atoms with Crippen LogP contribution in [0.2, 0.25) is 0 Å². The van der Waals surface area contributed by atoms with Crippen molar-refractivity contribution in [1.82, 2.24) is 24.7 Å². The van der Waals surface area contributed by atoms with Crippen LogP contribution in [0.25, 0.3) is 5.69 Å². The molecule has 1 aliphatic rings. The molecule has 1 saturated carbocycles. The van der Waals surface area contributed by atoms with Gasteiger partial charge < -0.3 is 0 Å². The van der Waals surface area contributed by atoms with Gasteiger partial charge in [-0.1, -0.05) is 30.3 Å². The van der Waals surface area contributed by atoms with E-state index in [0.717, 1.165) is 17.8 Å². The molecule has 0 radical (unpaired) electrons. The van der Waals surface area contributed by atoms with Crippen molar-refractivity contribution in [2.45, 2.75) is 32.1 Å². The molecule has 0 aliphatic heterocycles. The van der Waals surface area contributed by atoms with Gasteiger partial charge in [0.1, 0.15) is 5.82 Å². The van der Waals surface area contributed by atoms with Crippen LogP contribution in [-0.2, 0) is 13.2 Å². The first-order chi connectivity index (χ1) is 12.2. The first kappa shape index (κ1) is 16.1. The fraction of sp³-hybridized carbons (Fsp3) is 0.278. The minimum atomic E-state index is -0.213. The molecular formula is C18H18FN5S. The van der Waals surface area contributed by atoms with E-state index in [4.69, 9.17) is 12.2 Å². The Morgan fingerprint density at radius 1 is 1.04 bits per heavy atom. The van der Waals surface area contributed by atoms with Gasteiger partial charge in [0.25, 0.3) is 0 Å². The highest BCUT2D eigenvalue weighted by molar-refractivity contribution is 7.71. The second-order valence-electron chi connectivity index (χ2n) is 6.25. The molecule has 0 bridgehead atoms. The van der Waals surface area contributed by atoms with E-state index in [1.807, 2.05) is 42.5 Å². The molecule has 0 saturated heterocycles. The maximum absolute atomic E-state index is 13.1. The number of aromatic nitrogens is 4. The number of tetrazole rings is 1. The lowest BCUT2D eigenvalue weighted by atomic mass is 10.2. The summed E-state index contributed by atoms with van der Waals surface area (Å²) < 4.78 is 17.1. The van der Waals surface area contributed by atoms with Gasteiger partial charge in [-0.15, -0.1) is 0 Å². The smallest absolute Gasteiger partial charge is 0.221 e. The number of rotatable bonds is 6. The molecule has 5 nitrogen and oxygen atoms in total. The molecule has 2 aromatic carbocycles. The number of benzene rings is 2. The quantitative estimate of drug-likeness (QED) is 0.634. The van der Waals surface area contributed by atoms with Crippen LogP contribution in [0.1, 0.15) is 18.4 Å². The summed E-state index contributed by atoms with van der Waals surface area (Å²) >= 11 is 5.54. The maximum Gasteiger partial charge on any atom is 0.221 e. The standard InChI is InChI=1S/C18H18FN5S/c19-15-8-6-14(7-9-15)12-22(16-10-11-16)13-23-18(25)24(21-20-23)17-4-2-1-3-5-17/h1-9,16H,10-13H2. The second-order valence-corrected chi connectivity index (χ2v) is 6.62. The Kier molecular flexibility index (Phi) is 4.42. The fourth-order valence-corrected chi connectivity index (χ4v) is 3.06. The number of halogens is 1. The van der Waals surface area contributed by atoms with Gasteiger partial charge in [0.05, 0.1) is 12.4 Å². The lowest BCUT2D eigenvalue weighted by Crippen LogP contribution is -2.29. The summed E-state index contributed by atoms with van der Waals surface area (Å²) in [5.74, 6) is -0.213. The van der Waals surface area contributed by atoms with Crippen molar-refractivity contribution >= 4 is 12.2 Å². The van der Waals surface area contributed by atoms with Crippen LogP contribution < -0.4 is 0 Å². The Hall–Kier alpha value is -2.38. The molecule has 0 unspecified atom stereocenters. The minimum absolute atomic E-state index is 0.213. The molecule has 7 heteroatoms. The van der Waals surface area contributed by atoms with Gasteiger partial charge in [-0.2, -0.15) is 4.68 Å². The number of hydrogen-bond acceptors (Lipinski definition) is 4. The maximum atomic E-state index is 13.1. The van der Waals surface area contributed by atoms with E-state index in [1.54, 1.807) is 9.36 Å². The summed E-state index contributed by atoms with van der Waals surface area (Å²) in [6.45, 7) is 1.32. The molecule has 0 N–H and O–H groups in total. The number of nitrogens with zero attached hydrogens (tertiary/aromatic N) is 5. The highest BCUT2D eigenvalue weighted by Crippen LogP contribution is 2.28. The third-order valence-electron chi connectivity index (χ3n) is 4.32. The van der Waals surface area contributed by atoms with E-state index in [1.165, 1.54) is 25.0 Å². The van der Waals surface area contributed by atoms with Crippen LogP contribution in [0.5, 0.6) is 0 Å². The normalized spacial score (nSPS) is 14.2. The van der Waals surface area contributed by atoms with Crippen molar-refractivity contribution in [3.05, 3.63) is 70.7 Å². The predicted octanol–water partition coefficient (Wildman–Crippen LogP) is 3.56. The Bertz CT molecular complexity index is 899. The topological polar surface area (TPSA) is 38.9 Å². The SMILES string of the molecule is Fc1ccc(CN(Cn2nnn(-c3ccccc3)c2=S)C2CC2)cc1. The fourth-order valence-electron chi connectivity index (χ4n) is 2.82. The van der Waals surface area contributed by atoms with Crippen molar-refractivity contribution in [2.75, 3.05) is 0 Å². The van der Waals surface area contributed by atoms with Crippen LogP contribution in [-0.4, -0.2) is 30.7 Å². The largest absolute Gasteiger partial charge is 0.277 e. The Labute approximate surface area is 150 Å². The molecule has 3 aromatic rings. The zero-order chi connectivity index (χ0) is 17.2. The van der Waals surface area contributed by atoms with E-state index in [2.05, 4.69) is 15.3 Å². The Balaban J connectivity index is 1.54. The van der Waals surface area contributed by atoms with Crippen LogP contribution >= 0.6 is 12.2 Å². The zero-order valence-electron chi connectivity index (χ0n) is 13.6. The van der Waals surface area contributed by atoms with Crippen molar-refractivity contribution in [3.8, 4) is 5.69 Å². The molecule has 1 aliphatic carbocycles. The van der Waals surface area contributed by atoms with Crippen molar-refractivity contribution < 1.29 is 4.39 Å². The van der Waals surface area contributed by atoms with Gasteiger partial charge in [-0.05, 0) is 65.3 Å². The number of hydrogen-bond donors (Lipinski definition) is 0. The Morgan fingerprint density at radius 2 is 1.76 bits per heavy atom. The van der Waals surface area contributed by atoms with Gasteiger partial charge in [0, 0.05) is 12.6 Å². The third-order valence-corrected chi connectivity index (χ3v) is 4.70. The van der Waals surface area contributed by atoms with Gasteiger partial charge in [0.15, 0.2) is 0 Å². The summed E-state index contributed by atoms with van der Waals surface area (Å²) in [5, 5.41) is 8.41. The molecule has 1 fully saturated rings. The van der Waals surface area contributed by atoms with Crippen molar-refractivity contribution in [2.24, 2.45) is 0 Å². The monoisotopic (exact) mass is 355 g/mol. The van der Waals surface area contributed by atoms with Gasteiger partial charge in [0.2, 0.25) is 4.77 Å². The predicted molar refractivity (Wildman–Crippen MR) is 95.1 cm³/mol. The van der Waals surface area contributed by atoms with E-state index < -0.39 is 0 Å². The molecule has 128 valence electrons. The van der Waals surface area contributed by atoms with Gasteiger partial charge in [-0.25, -0.2) is 9.07 Å². The third kappa shape index (κ3) is 3.67. The lowest BCUT2D eigenvalue weighted by molar-refractivity contribution is 0.185. The van der Waals surface area contributed by atoms with Gasteiger partial charge >= 0.3 is 0 Å². The molecule has 1 aromatic heterocycles. The summed E-state index contributed by atoms with van der Waals surface area (Å²) in [6, 6.07) is 16.9. The van der Waals surface area contributed by atoms with Crippen molar-refractivity contribution in [3.63, 3.8) is 0 Å². The van der Waals surface area contributed by atoms with Crippen LogP contribution in [0, 0.1) is 10.6 Å². The second kappa shape index (κ2) is 6.85. The van der Waals surface area contributed by atoms with E-state index >= 15 is 0 Å². The molecule has 4 rings (SSSR count). The van der Waals surface area contributed by atoms with Crippen LogP contribution in [0.3, 0.4) is 0 Å². The highest BCUT2D eigenvalue weighted by atomic mass is 32.1. The molecule has 0 atom stereocenters. The summed E-state index contributed by atoms with van der Waals surface area (Å²) in [4.78, 5) is 2.31. The first-order valence-corrected chi connectivity index (χ1v) is 8.68. The minimum Gasteiger partial charge on any atom is -0.277 e. The summed E-state index contributed by atoms with van der Waals surface area (Å²) in [7, 11) is 0. The molecule has 0 spiro atoms. The average Bonchev–Trinajstić information content (AvgIpc) is 3.42. The van der Waals surface area contributed by atoms with E-state index in [9.17, 15) is 4.39 Å². The first-order valence-electron chi connectivity index (χ1n) is 8.27. The van der Waals surface area contributed by atoms with Crippen LogP contribution in [0.15, 0.2) is 54.6 Å². The van der Waals surface area contributed by atoms with Crippen molar-refractivity contribution in [1.29, 1.82) is 0 Å². The molecule has 1 heterocycles.